The standard InChI is InChI=1S/C11H16N2OS/c1-11(14,10-7-4-8-15-10)13-12-9-5-2-3-6-9/h4,7-9,14H,2-3,5-6H2,1H3/b13-12+. The number of thiophene rings is 1. The zero-order chi connectivity index (χ0) is 10.7. The zero-order valence-electron chi connectivity index (χ0n) is 8.89. The van der Waals surface area contributed by atoms with Crippen molar-refractivity contribution >= 4 is 11.3 Å². The van der Waals surface area contributed by atoms with Gasteiger partial charge in [-0.25, -0.2) is 0 Å². The molecule has 15 heavy (non-hydrogen) atoms. The van der Waals surface area contributed by atoms with Gasteiger partial charge in [0.2, 0.25) is 5.72 Å². The minimum absolute atomic E-state index is 0.330. The van der Waals surface area contributed by atoms with Crippen LogP contribution >= 0.6 is 11.3 Å². The molecule has 1 aliphatic carbocycles. The van der Waals surface area contributed by atoms with Crippen molar-refractivity contribution in [2.45, 2.75) is 44.4 Å². The summed E-state index contributed by atoms with van der Waals surface area (Å²) in [6, 6.07) is 4.13. The summed E-state index contributed by atoms with van der Waals surface area (Å²) in [6.07, 6.45) is 4.71. The summed E-state index contributed by atoms with van der Waals surface area (Å²) in [6.45, 7) is 1.69. The average Bonchev–Trinajstić information content (AvgIpc) is 2.88. The molecule has 1 aromatic heterocycles. The van der Waals surface area contributed by atoms with Crippen LogP contribution in [0.2, 0.25) is 0 Å². The van der Waals surface area contributed by atoms with Crippen LogP contribution in [-0.4, -0.2) is 11.1 Å². The van der Waals surface area contributed by atoms with Crippen molar-refractivity contribution in [3.8, 4) is 0 Å². The molecule has 0 radical (unpaired) electrons. The van der Waals surface area contributed by atoms with E-state index in [2.05, 4.69) is 10.2 Å². The molecule has 82 valence electrons. The van der Waals surface area contributed by atoms with E-state index in [-0.39, 0.29) is 0 Å². The van der Waals surface area contributed by atoms with Gasteiger partial charge in [0.15, 0.2) is 0 Å². The molecule has 1 heterocycles. The van der Waals surface area contributed by atoms with Gasteiger partial charge in [-0.1, -0.05) is 18.9 Å². The first kappa shape index (κ1) is 10.8. The number of aliphatic hydroxyl groups is 1. The fraction of sp³-hybridized carbons (Fsp3) is 0.636. The minimum Gasteiger partial charge on any atom is -0.364 e. The van der Waals surface area contributed by atoms with Gasteiger partial charge in [-0.05, 0) is 31.2 Å². The van der Waals surface area contributed by atoms with Gasteiger partial charge in [0.1, 0.15) is 0 Å². The fourth-order valence-corrected chi connectivity index (χ4v) is 2.54. The molecule has 0 aromatic carbocycles. The molecule has 0 aliphatic heterocycles. The predicted molar refractivity (Wildman–Crippen MR) is 61.0 cm³/mol. The Labute approximate surface area is 93.9 Å². The lowest BCUT2D eigenvalue weighted by atomic mass is 10.2. The van der Waals surface area contributed by atoms with E-state index in [1.807, 2.05) is 17.5 Å². The Morgan fingerprint density at radius 1 is 1.47 bits per heavy atom. The summed E-state index contributed by atoms with van der Waals surface area (Å²) in [7, 11) is 0. The van der Waals surface area contributed by atoms with Gasteiger partial charge in [0, 0.05) is 0 Å². The maximum atomic E-state index is 10.1. The van der Waals surface area contributed by atoms with E-state index in [1.54, 1.807) is 6.92 Å². The van der Waals surface area contributed by atoms with E-state index in [1.165, 1.54) is 24.2 Å². The van der Waals surface area contributed by atoms with Crippen molar-refractivity contribution in [1.29, 1.82) is 0 Å². The lowest BCUT2D eigenvalue weighted by Gasteiger charge is -2.15. The zero-order valence-corrected chi connectivity index (χ0v) is 9.70. The van der Waals surface area contributed by atoms with Gasteiger partial charge in [-0.3, -0.25) is 0 Å². The largest absolute Gasteiger partial charge is 0.364 e. The van der Waals surface area contributed by atoms with Crippen molar-refractivity contribution in [2.75, 3.05) is 0 Å². The lowest BCUT2D eigenvalue weighted by Crippen LogP contribution is -2.16. The molecule has 1 unspecified atom stereocenters. The molecular formula is C11H16N2OS. The normalized spacial score (nSPS) is 22.3. The summed E-state index contributed by atoms with van der Waals surface area (Å²) in [4.78, 5) is 0.851. The maximum absolute atomic E-state index is 10.1. The first-order valence-corrected chi connectivity index (χ1v) is 6.25. The average molecular weight is 224 g/mol. The third kappa shape index (κ3) is 2.63. The topological polar surface area (TPSA) is 45.0 Å². The minimum atomic E-state index is -1.14. The molecule has 1 aromatic rings. The molecule has 0 saturated heterocycles. The Morgan fingerprint density at radius 3 is 2.80 bits per heavy atom. The van der Waals surface area contributed by atoms with Crippen molar-refractivity contribution in [2.24, 2.45) is 10.2 Å². The Hall–Kier alpha value is -0.740. The van der Waals surface area contributed by atoms with Crippen LogP contribution in [0.4, 0.5) is 0 Å². The first-order chi connectivity index (χ1) is 7.18. The molecule has 1 atom stereocenters. The van der Waals surface area contributed by atoms with E-state index in [0.717, 1.165) is 17.7 Å². The third-order valence-corrected chi connectivity index (χ3v) is 3.80. The summed E-state index contributed by atoms with van der Waals surface area (Å²) in [5, 5.41) is 20.3. The number of hydrogen-bond donors (Lipinski definition) is 1. The second kappa shape index (κ2) is 4.41. The summed E-state index contributed by atoms with van der Waals surface area (Å²) < 4.78 is 0. The van der Waals surface area contributed by atoms with Gasteiger partial charge >= 0.3 is 0 Å². The Kier molecular flexibility index (Phi) is 3.17. The summed E-state index contributed by atoms with van der Waals surface area (Å²) in [5.74, 6) is 0. The predicted octanol–water partition coefficient (Wildman–Crippen LogP) is 3.31. The highest BCUT2D eigenvalue weighted by Gasteiger charge is 2.24. The van der Waals surface area contributed by atoms with Crippen molar-refractivity contribution < 1.29 is 5.11 Å². The molecule has 1 aliphatic rings. The number of azo groups is 1. The van der Waals surface area contributed by atoms with E-state index < -0.39 is 5.72 Å². The van der Waals surface area contributed by atoms with Gasteiger partial charge in [0.25, 0.3) is 0 Å². The van der Waals surface area contributed by atoms with E-state index >= 15 is 0 Å². The van der Waals surface area contributed by atoms with Crippen LogP contribution in [0.5, 0.6) is 0 Å². The lowest BCUT2D eigenvalue weighted by molar-refractivity contribution is 0.0610. The van der Waals surface area contributed by atoms with Gasteiger partial charge in [0.05, 0.1) is 10.9 Å². The molecular weight excluding hydrogens is 208 g/mol. The molecule has 1 saturated carbocycles. The van der Waals surface area contributed by atoms with Gasteiger partial charge in [-0.15, -0.1) is 11.3 Å². The maximum Gasteiger partial charge on any atom is 0.208 e. The van der Waals surface area contributed by atoms with Gasteiger partial charge < -0.3 is 5.11 Å². The quantitative estimate of drug-likeness (QED) is 0.786. The molecule has 0 amide bonds. The molecule has 1 fully saturated rings. The highest BCUT2D eigenvalue weighted by molar-refractivity contribution is 7.10. The number of hydrogen-bond acceptors (Lipinski definition) is 4. The molecule has 4 heteroatoms. The second-order valence-corrected chi connectivity index (χ2v) is 5.10. The summed E-state index contributed by atoms with van der Waals surface area (Å²) in [5.41, 5.74) is -1.14. The van der Waals surface area contributed by atoms with E-state index in [0.29, 0.717) is 6.04 Å². The van der Waals surface area contributed by atoms with Crippen LogP contribution in [0.15, 0.2) is 27.7 Å². The monoisotopic (exact) mass is 224 g/mol. The molecule has 0 bridgehead atoms. The van der Waals surface area contributed by atoms with Crippen LogP contribution in [-0.2, 0) is 5.72 Å². The highest BCUT2D eigenvalue weighted by Crippen LogP contribution is 2.29. The van der Waals surface area contributed by atoms with Crippen molar-refractivity contribution in [3.05, 3.63) is 22.4 Å². The smallest absolute Gasteiger partial charge is 0.208 e. The second-order valence-electron chi connectivity index (χ2n) is 4.15. The van der Waals surface area contributed by atoms with Crippen LogP contribution in [0.3, 0.4) is 0 Å². The van der Waals surface area contributed by atoms with Crippen LogP contribution in [0, 0.1) is 0 Å². The van der Waals surface area contributed by atoms with Crippen LogP contribution < -0.4 is 0 Å². The van der Waals surface area contributed by atoms with Gasteiger partial charge in [-0.2, -0.15) is 10.2 Å². The van der Waals surface area contributed by atoms with Crippen LogP contribution in [0.1, 0.15) is 37.5 Å². The van der Waals surface area contributed by atoms with Crippen molar-refractivity contribution in [1.82, 2.24) is 0 Å². The molecule has 0 spiro atoms. The Balaban J connectivity index is 2.03. The summed E-state index contributed by atoms with van der Waals surface area (Å²) >= 11 is 1.51. The SMILES string of the molecule is CC(O)(/N=N/C1CCCC1)c1cccs1. The highest BCUT2D eigenvalue weighted by atomic mass is 32.1. The fourth-order valence-electron chi connectivity index (χ4n) is 1.81. The Bertz CT molecular complexity index is 326. The molecule has 2 rings (SSSR count). The third-order valence-electron chi connectivity index (χ3n) is 2.73. The van der Waals surface area contributed by atoms with E-state index in [9.17, 15) is 5.11 Å². The van der Waals surface area contributed by atoms with E-state index in [4.69, 9.17) is 0 Å². The Morgan fingerprint density at radius 2 is 2.20 bits per heavy atom. The first-order valence-electron chi connectivity index (χ1n) is 5.37. The number of rotatable bonds is 3. The van der Waals surface area contributed by atoms with Crippen LogP contribution in [0.25, 0.3) is 0 Å². The molecule has 1 N–H and O–H groups in total. The molecule has 3 nitrogen and oxygen atoms in total. The number of nitrogens with zero attached hydrogens (tertiary/aromatic N) is 2. The van der Waals surface area contributed by atoms with Crippen molar-refractivity contribution in [3.63, 3.8) is 0 Å².